The summed E-state index contributed by atoms with van der Waals surface area (Å²) in [5.74, 6) is -1.75. The molecule has 1 aliphatic carbocycles. The summed E-state index contributed by atoms with van der Waals surface area (Å²) in [5, 5.41) is 0. The van der Waals surface area contributed by atoms with E-state index in [1.807, 2.05) is 0 Å². The third-order valence-corrected chi connectivity index (χ3v) is 2.96. The van der Waals surface area contributed by atoms with E-state index in [1.165, 1.54) is 0 Å². The first-order valence-corrected chi connectivity index (χ1v) is 5.76. The van der Waals surface area contributed by atoms with Crippen molar-refractivity contribution < 1.29 is 27.5 Å². The molecule has 7 heteroatoms. The highest BCUT2D eigenvalue weighted by molar-refractivity contribution is 5.82. The average Bonchev–Trinajstić information content (AvgIpc) is 2.75. The van der Waals surface area contributed by atoms with Gasteiger partial charge in [-0.2, -0.15) is 13.2 Å². The van der Waals surface area contributed by atoms with Crippen LogP contribution < -0.4 is 0 Å². The second kappa shape index (κ2) is 6.06. The molecule has 1 saturated carbocycles. The zero-order valence-electron chi connectivity index (χ0n) is 10.1. The van der Waals surface area contributed by atoms with E-state index >= 15 is 0 Å². The second-order valence-corrected chi connectivity index (χ2v) is 4.33. The monoisotopic (exact) mass is 267 g/mol. The van der Waals surface area contributed by atoms with E-state index in [4.69, 9.17) is 0 Å². The Bertz CT molecular complexity index is 311. The minimum atomic E-state index is -4.55. The van der Waals surface area contributed by atoms with E-state index in [0.29, 0.717) is 12.8 Å². The molecule has 0 atom stereocenters. The molecule has 0 unspecified atom stereocenters. The highest BCUT2D eigenvalue weighted by Crippen LogP contribution is 2.27. The van der Waals surface area contributed by atoms with Crippen LogP contribution in [0, 0.1) is 0 Å². The fraction of sp³-hybridized carbons (Fsp3) is 0.818. The summed E-state index contributed by atoms with van der Waals surface area (Å²) in [7, 11) is 1.14. The van der Waals surface area contributed by atoms with Crippen molar-refractivity contribution in [3.05, 3.63) is 0 Å². The molecule has 1 fully saturated rings. The number of hydrogen-bond donors (Lipinski definition) is 0. The fourth-order valence-corrected chi connectivity index (χ4v) is 2.11. The molecular formula is C11H16F3NO3. The molecule has 0 aliphatic heterocycles. The van der Waals surface area contributed by atoms with Gasteiger partial charge in [0.15, 0.2) is 0 Å². The molecule has 0 radical (unpaired) electrons. The van der Waals surface area contributed by atoms with Crippen LogP contribution in [0.3, 0.4) is 0 Å². The first kappa shape index (κ1) is 14.8. The largest absolute Gasteiger partial charge is 0.468 e. The van der Waals surface area contributed by atoms with Crippen molar-refractivity contribution in [3.8, 4) is 0 Å². The number of amides is 1. The van der Waals surface area contributed by atoms with Gasteiger partial charge in [0.1, 0.15) is 13.0 Å². The molecule has 0 aromatic rings. The van der Waals surface area contributed by atoms with Crippen LogP contribution in [0.4, 0.5) is 13.2 Å². The number of ether oxygens (including phenoxy) is 1. The van der Waals surface area contributed by atoms with E-state index in [-0.39, 0.29) is 6.04 Å². The summed E-state index contributed by atoms with van der Waals surface area (Å²) in [6, 6.07) is -0.279. The normalized spacial score (nSPS) is 16.7. The maximum atomic E-state index is 12.2. The molecule has 0 aromatic heterocycles. The molecular weight excluding hydrogens is 251 g/mol. The molecule has 1 amide bonds. The minimum Gasteiger partial charge on any atom is -0.468 e. The van der Waals surface area contributed by atoms with Gasteiger partial charge in [-0.05, 0) is 12.8 Å². The van der Waals surface area contributed by atoms with Gasteiger partial charge in [-0.15, -0.1) is 0 Å². The molecule has 0 bridgehead atoms. The van der Waals surface area contributed by atoms with Gasteiger partial charge in [-0.25, -0.2) is 0 Å². The van der Waals surface area contributed by atoms with Crippen molar-refractivity contribution in [2.75, 3.05) is 13.7 Å². The Kier molecular flexibility index (Phi) is 4.98. The summed E-state index contributed by atoms with van der Waals surface area (Å²) in [4.78, 5) is 23.8. The van der Waals surface area contributed by atoms with E-state index in [9.17, 15) is 22.8 Å². The van der Waals surface area contributed by atoms with E-state index in [1.54, 1.807) is 0 Å². The summed E-state index contributed by atoms with van der Waals surface area (Å²) >= 11 is 0. The van der Waals surface area contributed by atoms with Gasteiger partial charge >= 0.3 is 12.1 Å². The smallest absolute Gasteiger partial charge is 0.397 e. The molecule has 0 aromatic carbocycles. The summed E-state index contributed by atoms with van der Waals surface area (Å²) in [5.41, 5.74) is 0. The van der Waals surface area contributed by atoms with Crippen molar-refractivity contribution in [1.82, 2.24) is 4.90 Å². The van der Waals surface area contributed by atoms with Crippen LogP contribution in [-0.2, 0) is 14.3 Å². The molecule has 1 aliphatic rings. The molecule has 4 nitrogen and oxygen atoms in total. The maximum absolute atomic E-state index is 12.2. The quantitative estimate of drug-likeness (QED) is 0.731. The van der Waals surface area contributed by atoms with Gasteiger partial charge in [-0.3, -0.25) is 9.59 Å². The lowest BCUT2D eigenvalue weighted by Crippen LogP contribution is -2.44. The zero-order chi connectivity index (χ0) is 13.8. The number of methoxy groups -OCH3 is 1. The Morgan fingerprint density at radius 2 is 1.83 bits per heavy atom. The van der Waals surface area contributed by atoms with Gasteiger partial charge in [0, 0.05) is 6.04 Å². The van der Waals surface area contributed by atoms with Gasteiger partial charge in [0.05, 0.1) is 7.11 Å². The summed E-state index contributed by atoms with van der Waals surface area (Å²) < 4.78 is 41.0. The van der Waals surface area contributed by atoms with Crippen LogP contribution >= 0.6 is 0 Å². The third-order valence-electron chi connectivity index (χ3n) is 2.96. The number of halogens is 3. The summed E-state index contributed by atoms with van der Waals surface area (Å²) in [6.45, 7) is -0.407. The lowest BCUT2D eigenvalue weighted by atomic mass is 10.2. The number of esters is 1. The Balaban J connectivity index is 2.69. The highest BCUT2D eigenvalue weighted by atomic mass is 19.4. The first-order valence-electron chi connectivity index (χ1n) is 5.76. The number of nitrogens with zero attached hydrogens (tertiary/aromatic N) is 1. The van der Waals surface area contributed by atoms with E-state index in [0.717, 1.165) is 24.9 Å². The third kappa shape index (κ3) is 4.54. The van der Waals surface area contributed by atoms with Crippen molar-refractivity contribution in [3.63, 3.8) is 0 Å². The number of carbonyl (C=O) groups is 2. The van der Waals surface area contributed by atoms with Crippen LogP contribution in [-0.4, -0.2) is 42.6 Å². The minimum absolute atomic E-state index is 0.279. The van der Waals surface area contributed by atoms with Crippen LogP contribution in [0.5, 0.6) is 0 Å². The second-order valence-electron chi connectivity index (χ2n) is 4.33. The molecule has 104 valence electrons. The Morgan fingerprint density at radius 1 is 1.28 bits per heavy atom. The van der Waals surface area contributed by atoms with Crippen LogP contribution in [0.2, 0.25) is 0 Å². The number of carbonyl (C=O) groups excluding carboxylic acids is 2. The maximum Gasteiger partial charge on any atom is 0.397 e. The lowest BCUT2D eigenvalue weighted by molar-refractivity contribution is -0.166. The molecule has 0 saturated heterocycles. The predicted octanol–water partition coefficient (Wildman–Crippen LogP) is 1.88. The van der Waals surface area contributed by atoms with Gasteiger partial charge in [0.25, 0.3) is 0 Å². The fourth-order valence-electron chi connectivity index (χ4n) is 2.11. The number of hydrogen-bond acceptors (Lipinski definition) is 3. The number of alkyl halides is 3. The van der Waals surface area contributed by atoms with Gasteiger partial charge in [0.2, 0.25) is 5.91 Å². The average molecular weight is 267 g/mol. The number of rotatable bonds is 4. The van der Waals surface area contributed by atoms with Crippen LogP contribution in [0.1, 0.15) is 32.1 Å². The zero-order valence-corrected chi connectivity index (χ0v) is 10.1. The topological polar surface area (TPSA) is 46.6 Å². The van der Waals surface area contributed by atoms with Crippen molar-refractivity contribution in [2.45, 2.75) is 44.3 Å². The molecule has 0 N–H and O–H groups in total. The van der Waals surface area contributed by atoms with Crippen LogP contribution in [0.15, 0.2) is 0 Å². The standard InChI is InChI=1S/C11H16F3NO3/c1-18-10(17)7-15(8-4-2-3-5-8)9(16)6-11(12,13)14/h8H,2-7H2,1H3. The van der Waals surface area contributed by atoms with Crippen molar-refractivity contribution in [1.29, 1.82) is 0 Å². The lowest BCUT2D eigenvalue weighted by Gasteiger charge is -2.28. The van der Waals surface area contributed by atoms with Gasteiger partial charge in [-0.1, -0.05) is 12.8 Å². The molecule has 1 rings (SSSR count). The molecule has 0 heterocycles. The SMILES string of the molecule is COC(=O)CN(C(=O)CC(F)(F)F)C1CCCC1. The Labute approximate surface area is 103 Å². The highest BCUT2D eigenvalue weighted by Gasteiger charge is 2.37. The van der Waals surface area contributed by atoms with Crippen molar-refractivity contribution >= 4 is 11.9 Å². The van der Waals surface area contributed by atoms with E-state index < -0.39 is 31.0 Å². The first-order chi connectivity index (χ1) is 8.33. The predicted molar refractivity (Wildman–Crippen MR) is 56.7 cm³/mol. The Morgan fingerprint density at radius 3 is 2.28 bits per heavy atom. The Hall–Kier alpha value is -1.27. The van der Waals surface area contributed by atoms with Crippen molar-refractivity contribution in [2.24, 2.45) is 0 Å². The molecule has 0 spiro atoms. The van der Waals surface area contributed by atoms with Gasteiger partial charge < -0.3 is 9.64 Å². The summed E-state index contributed by atoms with van der Waals surface area (Å²) in [6.07, 6.45) is -3.07. The molecule has 18 heavy (non-hydrogen) atoms. The van der Waals surface area contributed by atoms with Crippen LogP contribution in [0.25, 0.3) is 0 Å². The van der Waals surface area contributed by atoms with E-state index in [2.05, 4.69) is 4.74 Å².